The highest BCUT2D eigenvalue weighted by molar-refractivity contribution is 7.98. The number of aromatic nitrogens is 1. The van der Waals surface area contributed by atoms with E-state index in [-0.39, 0.29) is 0 Å². The molecule has 0 aliphatic rings. The number of imide groups is 1. The molecule has 0 radical (unpaired) electrons. The number of carbonyl (C=O) groups excluding carboxylic acids is 3. The molecule has 9 heteroatoms. The van der Waals surface area contributed by atoms with Crippen molar-refractivity contribution in [2.45, 2.75) is 37.3 Å². The molecule has 2 N–H and O–H groups in total. The zero-order valence-corrected chi connectivity index (χ0v) is 18.2. The average molecular weight is 442 g/mol. The van der Waals surface area contributed by atoms with Gasteiger partial charge in [0.1, 0.15) is 5.52 Å². The van der Waals surface area contributed by atoms with E-state index in [9.17, 15) is 14.4 Å². The molecule has 3 rings (SSSR count). The number of amides is 3. The molecule has 0 aliphatic heterocycles. The van der Waals surface area contributed by atoms with Gasteiger partial charge in [-0.1, -0.05) is 42.1 Å². The van der Waals surface area contributed by atoms with Crippen molar-refractivity contribution in [2.75, 3.05) is 6.61 Å². The number of hydrogen-bond donors (Lipinski definition) is 2. The van der Waals surface area contributed by atoms with E-state index in [0.717, 1.165) is 5.52 Å². The minimum absolute atomic E-state index is 0.332. The molecule has 0 unspecified atom stereocenters. The van der Waals surface area contributed by atoms with E-state index in [1.165, 1.54) is 11.8 Å². The lowest BCUT2D eigenvalue weighted by atomic mass is 10.1. The van der Waals surface area contributed by atoms with Crippen molar-refractivity contribution in [3.05, 3.63) is 59.7 Å². The maximum Gasteiger partial charge on any atom is 0.338 e. The van der Waals surface area contributed by atoms with E-state index in [2.05, 4.69) is 15.6 Å². The van der Waals surface area contributed by atoms with Gasteiger partial charge in [-0.15, -0.1) is 0 Å². The molecule has 2 aromatic carbocycles. The number of carbonyl (C=O) groups is 3. The predicted molar refractivity (Wildman–Crippen MR) is 117 cm³/mol. The van der Waals surface area contributed by atoms with Crippen LogP contribution < -0.4 is 10.6 Å². The van der Waals surface area contributed by atoms with Crippen molar-refractivity contribution in [3.8, 4) is 0 Å². The Morgan fingerprint density at radius 1 is 1.06 bits per heavy atom. The smallest absolute Gasteiger partial charge is 0.338 e. The van der Waals surface area contributed by atoms with Crippen LogP contribution in [-0.2, 0) is 15.3 Å². The molecule has 3 amide bonds. The SMILES string of the molecule is CC(C)(C)NC(=O)NC(=O)COC(=O)c1ccccc1CSc1nc2ccccc2o1. The van der Waals surface area contributed by atoms with Crippen LogP contribution in [0.3, 0.4) is 0 Å². The summed E-state index contributed by atoms with van der Waals surface area (Å²) in [5, 5.41) is 5.21. The first-order valence-electron chi connectivity index (χ1n) is 9.57. The fourth-order valence-corrected chi connectivity index (χ4v) is 3.48. The lowest BCUT2D eigenvalue weighted by Crippen LogP contribution is -2.49. The van der Waals surface area contributed by atoms with Gasteiger partial charge < -0.3 is 14.5 Å². The summed E-state index contributed by atoms with van der Waals surface area (Å²) >= 11 is 1.35. The summed E-state index contributed by atoms with van der Waals surface area (Å²) in [6.07, 6.45) is 0. The first-order chi connectivity index (χ1) is 14.7. The Labute approximate surface area is 183 Å². The third-order valence-corrected chi connectivity index (χ3v) is 4.82. The normalized spacial score (nSPS) is 11.2. The van der Waals surface area contributed by atoms with Crippen LogP contribution in [0.25, 0.3) is 11.1 Å². The second-order valence-corrected chi connectivity index (χ2v) is 8.65. The van der Waals surface area contributed by atoms with Gasteiger partial charge in [0.05, 0.1) is 5.56 Å². The molecule has 0 atom stereocenters. The number of para-hydroxylation sites is 2. The van der Waals surface area contributed by atoms with Crippen molar-refractivity contribution in [3.63, 3.8) is 0 Å². The van der Waals surface area contributed by atoms with E-state index >= 15 is 0 Å². The fourth-order valence-electron chi connectivity index (χ4n) is 2.64. The fraction of sp³-hybridized carbons (Fsp3) is 0.273. The van der Waals surface area contributed by atoms with Gasteiger partial charge in [0, 0.05) is 11.3 Å². The van der Waals surface area contributed by atoms with Crippen LogP contribution in [0.5, 0.6) is 0 Å². The van der Waals surface area contributed by atoms with Crippen molar-refractivity contribution >= 4 is 40.8 Å². The van der Waals surface area contributed by atoms with Crippen LogP contribution in [-0.4, -0.2) is 35.0 Å². The van der Waals surface area contributed by atoms with E-state index in [1.54, 1.807) is 39.0 Å². The zero-order valence-electron chi connectivity index (χ0n) is 17.4. The van der Waals surface area contributed by atoms with Crippen LogP contribution in [0.1, 0.15) is 36.7 Å². The Balaban J connectivity index is 1.57. The van der Waals surface area contributed by atoms with Crippen LogP contribution in [0.4, 0.5) is 4.79 Å². The Morgan fingerprint density at radius 2 is 1.77 bits per heavy atom. The standard InChI is InChI=1S/C22H23N3O5S/c1-22(2,3)25-20(28)24-18(26)12-29-19(27)15-9-5-4-8-14(15)13-31-21-23-16-10-6-7-11-17(16)30-21/h4-11H,12-13H2,1-3H3,(H2,24,25,26,28). The molecule has 0 fully saturated rings. The number of ether oxygens (including phenoxy) is 1. The Bertz CT molecular complexity index is 1070. The van der Waals surface area contributed by atoms with Gasteiger partial charge in [0.2, 0.25) is 0 Å². The van der Waals surface area contributed by atoms with E-state index < -0.39 is 30.1 Å². The summed E-state index contributed by atoms with van der Waals surface area (Å²) in [4.78, 5) is 40.5. The molecule has 8 nitrogen and oxygen atoms in total. The number of hydrogen-bond acceptors (Lipinski definition) is 7. The number of rotatable bonds is 6. The topological polar surface area (TPSA) is 111 Å². The van der Waals surface area contributed by atoms with Crippen LogP contribution in [0.15, 0.2) is 58.2 Å². The van der Waals surface area contributed by atoms with Crippen LogP contribution in [0.2, 0.25) is 0 Å². The number of fused-ring (bicyclic) bond motifs is 1. The number of benzene rings is 2. The molecule has 0 saturated heterocycles. The first kappa shape index (κ1) is 22.4. The van der Waals surface area contributed by atoms with Crippen molar-refractivity contribution in [2.24, 2.45) is 0 Å². The number of thioether (sulfide) groups is 1. The highest BCUT2D eigenvalue weighted by Gasteiger charge is 2.18. The minimum atomic E-state index is -0.714. The third kappa shape index (κ3) is 6.58. The Morgan fingerprint density at radius 3 is 2.52 bits per heavy atom. The molecule has 3 aromatic rings. The highest BCUT2D eigenvalue weighted by Crippen LogP contribution is 2.27. The molecular weight excluding hydrogens is 418 g/mol. The maximum absolute atomic E-state index is 12.5. The summed E-state index contributed by atoms with van der Waals surface area (Å²) in [6.45, 7) is 4.79. The minimum Gasteiger partial charge on any atom is -0.452 e. The van der Waals surface area contributed by atoms with Gasteiger partial charge in [-0.2, -0.15) is 0 Å². The predicted octanol–water partition coefficient (Wildman–Crippen LogP) is 3.90. The van der Waals surface area contributed by atoms with Gasteiger partial charge >= 0.3 is 12.0 Å². The summed E-state index contributed by atoms with van der Waals surface area (Å²) in [5.41, 5.74) is 2.01. The second-order valence-electron chi connectivity index (χ2n) is 7.72. The van der Waals surface area contributed by atoms with Crippen molar-refractivity contribution in [1.29, 1.82) is 0 Å². The van der Waals surface area contributed by atoms with Gasteiger partial charge in [0.15, 0.2) is 12.2 Å². The molecule has 1 heterocycles. The number of nitrogens with one attached hydrogen (secondary N) is 2. The van der Waals surface area contributed by atoms with Crippen LogP contribution >= 0.6 is 11.8 Å². The van der Waals surface area contributed by atoms with Crippen molar-refractivity contribution in [1.82, 2.24) is 15.6 Å². The number of esters is 1. The molecule has 31 heavy (non-hydrogen) atoms. The van der Waals surface area contributed by atoms with E-state index in [4.69, 9.17) is 9.15 Å². The first-order valence-corrected chi connectivity index (χ1v) is 10.6. The lowest BCUT2D eigenvalue weighted by molar-refractivity contribution is -0.123. The molecule has 1 aromatic heterocycles. The van der Waals surface area contributed by atoms with Crippen molar-refractivity contribution < 1.29 is 23.5 Å². The average Bonchev–Trinajstić information content (AvgIpc) is 3.12. The summed E-state index contributed by atoms with van der Waals surface area (Å²) in [5.74, 6) is -0.938. The molecular formula is C22H23N3O5S. The molecule has 162 valence electrons. The Hall–Kier alpha value is -3.33. The highest BCUT2D eigenvalue weighted by atomic mass is 32.2. The van der Waals surface area contributed by atoms with Gasteiger partial charge in [0.25, 0.3) is 11.1 Å². The zero-order chi connectivity index (χ0) is 22.4. The summed E-state index contributed by atoms with van der Waals surface area (Å²) in [6, 6.07) is 13.7. The van der Waals surface area contributed by atoms with Gasteiger partial charge in [-0.3, -0.25) is 10.1 Å². The number of urea groups is 1. The number of nitrogens with zero attached hydrogens (tertiary/aromatic N) is 1. The second kappa shape index (κ2) is 9.65. The van der Waals surface area contributed by atoms with E-state index in [0.29, 0.717) is 27.7 Å². The van der Waals surface area contributed by atoms with E-state index in [1.807, 2.05) is 30.3 Å². The quantitative estimate of drug-likeness (QED) is 0.441. The van der Waals surface area contributed by atoms with Gasteiger partial charge in [-0.25, -0.2) is 14.6 Å². The maximum atomic E-state index is 12.5. The van der Waals surface area contributed by atoms with Crippen LogP contribution in [0, 0.1) is 0 Å². The monoisotopic (exact) mass is 441 g/mol. The van der Waals surface area contributed by atoms with Gasteiger partial charge in [-0.05, 0) is 44.5 Å². The molecule has 0 spiro atoms. The lowest BCUT2D eigenvalue weighted by Gasteiger charge is -2.20. The molecule has 0 saturated carbocycles. The number of oxazole rings is 1. The Kier molecular flexibility index (Phi) is 6.96. The summed E-state index contributed by atoms with van der Waals surface area (Å²) in [7, 11) is 0. The summed E-state index contributed by atoms with van der Waals surface area (Å²) < 4.78 is 10.8. The molecule has 0 bridgehead atoms. The third-order valence-electron chi connectivity index (χ3n) is 3.94. The largest absolute Gasteiger partial charge is 0.452 e. The molecule has 0 aliphatic carbocycles.